The van der Waals surface area contributed by atoms with Gasteiger partial charge < -0.3 is 11.1 Å². The Kier molecular flexibility index (Phi) is 5.03. The van der Waals surface area contributed by atoms with Crippen molar-refractivity contribution in [3.63, 3.8) is 0 Å². The number of carbonyl (C=O) groups excluding carboxylic acids is 1. The zero-order valence-electron chi connectivity index (χ0n) is 10.9. The topological polar surface area (TPSA) is 68.0 Å². The standard InChI is InChI=1S/C14H14BrN3OS/c1-2-17-13(19)9-5-6-11(16)12(8-9)20-14-10(15)4-3-7-18-14/h3-8H,2,16H2,1H3,(H,17,19). The van der Waals surface area contributed by atoms with Crippen LogP contribution in [0.5, 0.6) is 0 Å². The largest absolute Gasteiger partial charge is 0.398 e. The highest BCUT2D eigenvalue weighted by Gasteiger charge is 2.10. The van der Waals surface area contributed by atoms with E-state index < -0.39 is 0 Å². The Morgan fingerprint density at radius 1 is 1.45 bits per heavy atom. The molecule has 104 valence electrons. The van der Waals surface area contributed by atoms with E-state index in [1.54, 1.807) is 24.4 Å². The maximum atomic E-state index is 11.8. The Bertz CT molecular complexity index is 634. The van der Waals surface area contributed by atoms with Crippen molar-refractivity contribution in [2.45, 2.75) is 16.8 Å². The van der Waals surface area contributed by atoms with Gasteiger partial charge in [-0.2, -0.15) is 0 Å². The average molecular weight is 352 g/mol. The van der Waals surface area contributed by atoms with E-state index in [2.05, 4.69) is 26.2 Å². The lowest BCUT2D eigenvalue weighted by atomic mass is 10.2. The fourth-order valence-electron chi connectivity index (χ4n) is 1.58. The average Bonchev–Trinajstić information content (AvgIpc) is 2.44. The number of anilines is 1. The molecule has 4 nitrogen and oxygen atoms in total. The van der Waals surface area contributed by atoms with E-state index in [1.165, 1.54) is 11.8 Å². The third-order valence-corrected chi connectivity index (χ3v) is 4.54. The molecule has 6 heteroatoms. The molecule has 0 bridgehead atoms. The number of rotatable bonds is 4. The summed E-state index contributed by atoms with van der Waals surface area (Å²) in [5.74, 6) is -0.102. The molecule has 0 radical (unpaired) electrons. The van der Waals surface area contributed by atoms with Crippen molar-refractivity contribution in [2.24, 2.45) is 0 Å². The number of benzene rings is 1. The SMILES string of the molecule is CCNC(=O)c1ccc(N)c(Sc2ncccc2Br)c1. The minimum Gasteiger partial charge on any atom is -0.398 e. The molecule has 0 atom stereocenters. The normalized spacial score (nSPS) is 10.3. The molecule has 2 rings (SSSR count). The van der Waals surface area contributed by atoms with Gasteiger partial charge in [0.15, 0.2) is 0 Å². The van der Waals surface area contributed by atoms with Gasteiger partial charge in [0, 0.05) is 28.9 Å². The molecule has 1 amide bonds. The summed E-state index contributed by atoms with van der Waals surface area (Å²) in [6.45, 7) is 2.48. The molecule has 0 saturated heterocycles. The van der Waals surface area contributed by atoms with Gasteiger partial charge in [0.1, 0.15) is 5.03 Å². The second-order valence-corrected chi connectivity index (χ2v) is 5.89. The molecule has 0 aliphatic carbocycles. The molecule has 0 aliphatic heterocycles. The quantitative estimate of drug-likeness (QED) is 0.829. The first kappa shape index (κ1) is 14.9. The number of amides is 1. The van der Waals surface area contributed by atoms with Crippen LogP contribution in [0.1, 0.15) is 17.3 Å². The molecule has 3 N–H and O–H groups in total. The van der Waals surface area contributed by atoms with Gasteiger partial charge in [0.05, 0.1) is 4.47 Å². The molecular formula is C14H14BrN3OS. The number of carbonyl (C=O) groups is 1. The first-order valence-electron chi connectivity index (χ1n) is 6.08. The Morgan fingerprint density at radius 2 is 2.25 bits per heavy atom. The predicted octanol–water partition coefficient (Wildman–Crippen LogP) is 3.33. The number of halogens is 1. The molecule has 20 heavy (non-hydrogen) atoms. The van der Waals surface area contributed by atoms with E-state index in [-0.39, 0.29) is 5.91 Å². The zero-order chi connectivity index (χ0) is 14.5. The molecule has 2 aromatic rings. The van der Waals surface area contributed by atoms with Crippen LogP contribution in [0, 0.1) is 0 Å². The molecule has 0 saturated carbocycles. The Morgan fingerprint density at radius 3 is 2.95 bits per heavy atom. The number of hydrogen-bond donors (Lipinski definition) is 2. The monoisotopic (exact) mass is 351 g/mol. The summed E-state index contributed by atoms with van der Waals surface area (Å²) in [7, 11) is 0. The van der Waals surface area contributed by atoms with Crippen LogP contribution < -0.4 is 11.1 Å². The first-order chi connectivity index (χ1) is 9.61. The minimum absolute atomic E-state index is 0.102. The van der Waals surface area contributed by atoms with Gasteiger partial charge >= 0.3 is 0 Å². The first-order valence-corrected chi connectivity index (χ1v) is 7.69. The van der Waals surface area contributed by atoms with Crippen molar-refractivity contribution >= 4 is 39.3 Å². The molecule has 0 fully saturated rings. The van der Waals surface area contributed by atoms with Crippen molar-refractivity contribution in [3.05, 3.63) is 46.6 Å². The number of nitrogens with zero attached hydrogens (tertiary/aromatic N) is 1. The smallest absolute Gasteiger partial charge is 0.251 e. The van der Waals surface area contributed by atoms with Gasteiger partial charge in [0.25, 0.3) is 5.91 Å². The van der Waals surface area contributed by atoms with Crippen LogP contribution in [0.25, 0.3) is 0 Å². The van der Waals surface area contributed by atoms with Crippen LogP contribution >= 0.6 is 27.7 Å². The van der Waals surface area contributed by atoms with Crippen LogP contribution in [0.4, 0.5) is 5.69 Å². The van der Waals surface area contributed by atoms with Crippen molar-refractivity contribution in [1.82, 2.24) is 10.3 Å². The summed E-state index contributed by atoms with van der Waals surface area (Å²) in [6.07, 6.45) is 1.72. The van der Waals surface area contributed by atoms with Gasteiger partial charge in [-0.15, -0.1) is 0 Å². The number of nitrogens with one attached hydrogen (secondary N) is 1. The number of nitrogen functional groups attached to an aromatic ring is 1. The molecule has 1 heterocycles. The highest BCUT2D eigenvalue weighted by Crippen LogP contribution is 2.35. The zero-order valence-corrected chi connectivity index (χ0v) is 13.3. The van der Waals surface area contributed by atoms with Crippen LogP contribution in [-0.4, -0.2) is 17.4 Å². The summed E-state index contributed by atoms with van der Waals surface area (Å²) >= 11 is 4.87. The molecule has 0 spiro atoms. The second-order valence-electron chi connectivity index (χ2n) is 4.00. The second kappa shape index (κ2) is 6.76. The lowest BCUT2D eigenvalue weighted by Crippen LogP contribution is -2.22. The Hall–Kier alpha value is -1.53. The number of pyridine rings is 1. The summed E-state index contributed by atoms with van der Waals surface area (Å²) in [5.41, 5.74) is 7.18. The summed E-state index contributed by atoms with van der Waals surface area (Å²) in [6, 6.07) is 9.01. The minimum atomic E-state index is -0.102. The van der Waals surface area contributed by atoms with E-state index >= 15 is 0 Å². The highest BCUT2D eigenvalue weighted by molar-refractivity contribution is 9.10. The van der Waals surface area contributed by atoms with E-state index in [0.29, 0.717) is 17.8 Å². The van der Waals surface area contributed by atoms with Gasteiger partial charge in [-0.3, -0.25) is 4.79 Å². The van der Waals surface area contributed by atoms with E-state index in [0.717, 1.165) is 14.4 Å². The van der Waals surface area contributed by atoms with Crippen molar-refractivity contribution in [2.75, 3.05) is 12.3 Å². The van der Waals surface area contributed by atoms with Crippen molar-refractivity contribution in [1.29, 1.82) is 0 Å². The van der Waals surface area contributed by atoms with E-state index in [4.69, 9.17) is 5.73 Å². The molecular weight excluding hydrogens is 338 g/mol. The van der Waals surface area contributed by atoms with Gasteiger partial charge in [-0.1, -0.05) is 11.8 Å². The summed E-state index contributed by atoms with van der Waals surface area (Å²) in [4.78, 5) is 16.9. The van der Waals surface area contributed by atoms with Crippen LogP contribution in [0.15, 0.2) is 50.9 Å². The predicted molar refractivity (Wildman–Crippen MR) is 84.9 cm³/mol. The maximum Gasteiger partial charge on any atom is 0.251 e. The summed E-state index contributed by atoms with van der Waals surface area (Å²) < 4.78 is 0.896. The lowest BCUT2D eigenvalue weighted by molar-refractivity contribution is 0.0955. The van der Waals surface area contributed by atoms with Gasteiger partial charge in [-0.05, 0) is 53.2 Å². The molecule has 0 unspecified atom stereocenters. The fourth-order valence-corrected chi connectivity index (χ4v) is 2.93. The van der Waals surface area contributed by atoms with Crippen LogP contribution in [-0.2, 0) is 0 Å². The molecule has 1 aromatic heterocycles. The fraction of sp³-hybridized carbons (Fsp3) is 0.143. The van der Waals surface area contributed by atoms with Crippen LogP contribution in [0.2, 0.25) is 0 Å². The van der Waals surface area contributed by atoms with Crippen molar-refractivity contribution in [3.8, 4) is 0 Å². The lowest BCUT2D eigenvalue weighted by Gasteiger charge is -2.09. The van der Waals surface area contributed by atoms with E-state index in [9.17, 15) is 4.79 Å². The van der Waals surface area contributed by atoms with Gasteiger partial charge in [0.2, 0.25) is 0 Å². The molecule has 0 aliphatic rings. The third kappa shape index (κ3) is 3.52. The number of nitrogens with two attached hydrogens (primary N) is 1. The number of hydrogen-bond acceptors (Lipinski definition) is 4. The molecule has 1 aromatic carbocycles. The van der Waals surface area contributed by atoms with Crippen molar-refractivity contribution < 1.29 is 4.79 Å². The van der Waals surface area contributed by atoms with Gasteiger partial charge in [-0.25, -0.2) is 4.98 Å². The Labute approximate surface area is 130 Å². The van der Waals surface area contributed by atoms with Crippen LogP contribution in [0.3, 0.4) is 0 Å². The van der Waals surface area contributed by atoms with E-state index in [1.807, 2.05) is 19.1 Å². The third-order valence-electron chi connectivity index (χ3n) is 2.54. The Balaban J connectivity index is 2.30. The highest BCUT2D eigenvalue weighted by atomic mass is 79.9. The summed E-state index contributed by atoms with van der Waals surface area (Å²) in [5, 5.41) is 3.58. The maximum absolute atomic E-state index is 11.8. The number of aromatic nitrogens is 1.